The van der Waals surface area contributed by atoms with Crippen LogP contribution < -0.4 is 9.47 Å². The molecule has 2 aliphatic carbocycles. The summed E-state index contributed by atoms with van der Waals surface area (Å²) >= 11 is 0. The summed E-state index contributed by atoms with van der Waals surface area (Å²) in [6.07, 6.45) is 10.9. The zero-order valence-corrected chi connectivity index (χ0v) is 32.4. The van der Waals surface area contributed by atoms with Gasteiger partial charge < -0.3 is 38.9 Å². The Morgan fingerprint density at radius 3 is 2.55 bits per heavy atom. The maximum atomic E-state index is 13.8. The van der Waals surface area contributed by atoms with Crippen molar-refractivity contribution in [2.45, 2.75) is 75.7 Å². The van der Waals surface area contributed by atoms with E-state index >= 15 is 0 Å². The van der Waals surface area contributed by atoms with Crippen molar-refractivity contribution >= 4 is 11.8 Å². The van der Waals surface area contributed by atoms with E-state index in [9.17, 15) is 15.0 Å². The summed E-state index contributed by atoms with van der Waals surface area (Å²) in [5.74, 6) is -0.150. The van der Waals surface area contributed by atoms with Gasteiger partial charge in [-0.1, -0.05) is 66.6 Å². The second kappa shape index (κ2) is 19.6. The number of carbonyl (C=O) groups excluding carboxylic acids is 1. The van der Waals surface area contributed by atoms with Crippen LogP contribution in [0.25, 0.3) is 0 Å². The molecule has 55 heavy (non-hydrogen) atoms. The Labute approximate surface area is 326 Å². The number of ether oxygens (including phenoxy) is 4. The molecule has 2 aromatic rings. The lowest BCUT2D eigenvalue weighted by atomic mass is 9.55. The molecule has 2 heterocycles. The molecule has 1 amide bonds. The molecule has 11 heteroatoms. The van der Waals surface area contributed by atoms with Crippen molar-refractivity contribution in [2.24, 2.45) is 22.9 Å². The number of hydrogen-bond acceptors (Lipinski definition) is 10. The molecule has 0 bridgehead atoms. The van der Waals surface area contributed by atoms with Gasteiger partial charge in [-0.15, -0.1) is 13.2 Å². The van der Waals surface area contributed by atoms with Crippen molar-refractivity contribution < 1.29 is 38.8 Å². The Balaban J connectivity index is 1.50. The minimum absolute atomic E-state index is 0.120. The molecule has 2 aliphatic heterocycles. The lowest BCUT2D eigenvalue weighted by molar-refractivity contribution is -0.253. The Morgan fingerprint density at radius 2 is 1.82 bits per heavy atom. The normalized spacial score (nSPS) is 25.8. The van der Waals surface area contributed by atoms with Gasteiger partial charge in [0.15, 0.2) is 0 Å². The highest BCUT2D eigenvalue weighted by molar-refractivity contribution is 6.02. The second-order valence-electron chi connectivity index (χ2n) is 15.0. The average Bonchev–Trinajstić information content (AvgIpc) is 4.03. The summed E-state index contributed by atoms with van der Waals surface area (Å²) < 4.78 is 26.2. The number of benzene rings is 2. The van der Waals surface area contributed by atoms with Crippen LogP contribution in [-0.4, -0.2) is 103 Å². The van der Waals surface area contributed by atoms with E-state index in [4.69, 9.17) is 28.9 Å². The van der Waals surface area contributed by atoms with Gasteiger partial charge >= 0.3 is 6.09 Å². The summed E-state index contributed by atoms with van der Waals surface area (Å²) in [4.78, 5) is 23.9. The average molecular weight is 758 g/mol. The van der Waals surface area contributed by atoms with Gasteiger partial charge in [0.1, 0.15) is 30.8 Å². The van der Waals surface area contributed by atoms with E-state index in [-0.39, 0.29) is 50.8 Å². The van der Waals surface area contributed by atoms with Crippen molar-refractivity contribution in [2.75, 3.05) is 59.7 Å². The fraction of sp³-hybridized carbons (Fsp3) is 0.545. The van der Waals surface area contributed by atoms with E-state index in [1.54, 1.807) is 24.1 Å². The highest BCUT2D eigenvalue weighted by atomic mass is 16.7. The molecular weight excluding hydrogens is 698 g/mol. The first-order valence-corrected chi connectivity index (χ1v) is 20.0. The van der Waals surface area contributed by atoms with E-state index < -0.39 is 23.8 Å². The van der Waals surface area contributed by atoms with Crippen LogP contribution in [0.2, 0.25) is 0 Å². The van der Waals surface area contributed by atoms with Crippen LogP contribution in [0.15, 0.2) is 90.6 Å². The highest BCUT2D eigenvalue weighted by Gasteiger charge is 2.65. The molecule has 2 fully saturated rings. The van der Waals surface area contributed by atoms with Gasteiger partial charge in [0.05, 0.1) is 24.8 Å². The van der Waals surface area contributed by atoms with Crippen molar-refractivity contribution in [1.82, 2.24) is 9.80 Å². The zero-order valence-electron chi connectivity index (χ0n) is 32.4. The predicted molar refractivity (Wildman–Crippen MR) is 212 cm³/mol. The van der Waals surface area contributed by atoms with Gasteiger partial charge in [-0.2, -0.15) is 0 Å². The van der Waals surface area contributed by atoms with Crippen molar-refractivity contribution in [3.8, 4) is 11.5 Å². The van der Waals surface area contributed by atoms with E-state index in [2.05, 4.69) is 30.2 Å². The lowest BCUT2D eigenvalue weighted by Gasteiger charge is -2.59. The molecule has 11 nitrogen and oxygen atoms in total. The summed E-state index contributed by atoms with van der Waals surface area (Å²) in [7, 11) is 1.73. The minimum Gasteiger partial charge on any atom is -0.492 e. The van der Waals surface area contributed by atoms with E-state index in [0.717, 1.165) is 73.5 Å². The van der Waals surface area contributed by atoms with Crippen LogP contribution in [0.5, 0.6) is 11.5 Å². The van der Waals surface area contributed by atoms with Gasteiger partial charge in [0.25, 0.3) is 0 Å². The van der Waals surface area contributed by atoms with Crippen LogP contribution in [0.1, 0.15) is 68.4 Å². The minimum atomic E-state index is -1.34. The van der Waals surface area contributed by atoms with E-state index in [1.807, 2.05) is 42.5 Å². The van der Waals surface area contributed by atoms with Gasteiger partial charge in [-0.3, -0.25) is 4.90 Å². The monoisotopic (exact) mass is 757 g/mol. The molecule has 6 rings (SSSR count). The number of allylic oxidation sites excluding steroid dienone is 1. The topological polar surface area (TPSA) is 122 Å². The first-order valence-electron chi connectivity index (χ1n) is 20.0. The van der Waals surface area contributed by atoms with Crippen LogP contribution in [0, 0.1) is 17.8 Å². The smallest absolute Gasteiger partial charge is 0.409 e. The predicted octanol–water partition coefficient (Wildman–Crippen LogP) is 6.86. The number of amides is 1. The first-order chi connectivity index (χ1) is 26.9. The van der Waals surface area contributed by atoms with Crippen molar-refractivity contribution in [1.29, 1.82) is 0 Å². The van der Waals surface area contributed by atoms with Crippen LogP contribution in [0.3, 0.4) is 0 Å². The SMILES string of the molecule is C=CCCOC(=O)N(C)C1CC(=NOCc2ccccc2)C2=CC(CCCCO)C(CCCCO)C3c4cc(OCCN5CC5)ccc4OC1(OCC=C)C23. The maximum absolute atomic E-state index is 13.8. The molecule has 4 aliphatic rings. The number of unbranched alkanes of at least 4 members (excludes halogenated alkanes) is 2. The number of hydrogen-bond donors (Lipinski definition) is 2. The van der Waals surface area contributed by atoms with Crippen molar-refractivity contribution in [3.63, 3.8) is 0 Å². The first kappa shape index (κ1) is 40.5. The Morgan fingerprint density at radius 1 is 1.04 bits per heavy atom. The summed E-state index contributed by atoms with van der Waals surface area (Å²) in [6.45, 7) is 12.4. The second-order valence-corrected chi connectivity index (χ2v) is 15.0. The molecule has 6 atom stereocenters. The fourth-order valence-corrected chi connectivity index (χ4v) is 8.62. The maximum Gasteiger partial charge on any atom is 0.409 e. The Bertz CT molecular complexity index is 1640. The van der Waals surface area contributed by atoms with E-state index in [1.165, 1.54) is 0 Å². The van der Waals surface area contributed by atoms with Gasteiger partial charge in [0.2, 0.25) is 5.79 Å². The molecule has 0 radical (unpaired) electrons. The third-order valence-electron chi connectivity index (χ3n) is 11.4. The number of carbonyl (C=O) groups is 1. The number of nitrogens with zero attached hydrogens (tertiary/aromatic N) is 3. The molecule has 298 valence electrons. The number of aliphatic hydroxyl groups excluding tert-OH is 2. The summed E-state index contributed by atoms with van der Waals surface area (Å²) in [6, 6.07) is 15.3. The highest BCUT2D eigenvalue weighted by Crippen LogP contribution is 2.61. The number of aliphatic hydroxyl groups is 2. The largest absolute Gasteiger partial charge is 0.492 e. The van der Waals surface area contributed by atoms with Gasteiger partial charge in [-0.05, 0) is 73.3 Å². The molecule has 0 spiro atoms. The number of likely N-dealkylation sites (N-methyl/N-ethyl adjacent to an activating group) is 1. The van der Waals surface area contributed by atoms with E-state index in [0.29, 0.717) is 38.0 Å². The summed E-state index contributed by atoms with van der Waals surface area (Å²) in [5.41, 5.74) is 3.74. The van der Waals surface area contributed by atoms with Crippen LogP contribution in [-0.2, 0) is 20.9 Å². The lowest BCUT2D eigenvalue weighted by Crippen LogP contribution is -2.69. The molecule has 2 N–H and O–H groups in total. The molecule has 6 unspecified atom stereocenters. The molecule has 1 saturated heterocycles. The third-order valence-corrected chi connectivity index (χ3v) is 11.4. The standard InChI is InChI=1S/C44H59N3O8/c1-4-6-26-52-43(50)46(3)40-30-38(45-54-31-32-14-8-7-9-15-32)36-28-33(16-10-12-23-48)35(17-11-13-24-49)41-37-29-34(51-27-22-47-20-21-47)18-19-39(37)55-44(40,42(36)41)53-25-5-2/h4-5,7-9,14-15,18-19,28-29,33,35,40-42,48-49H,1-2,6,10-13,16-17,20-27,30-31H2,3H3. The van der Waals surface area contributed by atoms with Gasteiger partial charge in [0, 0.05) is 57.8 Å². The number of oxime groups is 1. The molecule has 2 aromatic carbocycles. The zero-order chi connectivity index (χ0) is 38.6. The quantitative estimate of drug-likeness (QED) is 0.0575. The van der Waals surface area contributed by atoms with Crippen molar-refractivity contribution in [3.05, 3.63) is 96.6 Å². The number of fused-ring (bicyclic) bond motifs is 2. The third kappa shape index (κ3) is 9.63. The van der Waals surface area contributed by atoms with Gasteiger partial charge in [-0.25, -0.2) is 4.79 Å². The number of rotatable bonds is 22. The Kier molecular flexibility index (Phi) is 14.4. The molecule has 1 saturated carbocycles. The fourth-order valence-electron chi connectivity index (χ4n) is 8.62. The Hall–Kier alpha value is -4.16. The molecule has 0 aromatic heterocycles. The summed E-state index contributed by atoms with van der Waals surface area (Å²) in [5, 5.41) is 24.5. The van der Waals surface area contributed by atoms with Crippen LogP contribution >= 0.6 is 0 Å². The molecular formula is C44H59N3O8. The van der Waals surface area contributed by atoms with Crippen LogP contribution in [0.4, 0.5) is 4.79 Å².